The van der Waals surface area contributed by atoms with Crippen LogP contribution in [0, 0.1) is 0 Å². The zero-order chi connectivity index (χ0) is 9.84. The summed E-state index contributed by atoms with van der Waals surface area (Å²) in [5, 5.41) is 0. The molecular formula is C10H15NO2. The van der Waals surface area contributed by atoms with Gasteiger partial charge in [-0.15, -0.1) is 0 Å². The fraction of sp³-hybridized carbons (Fsp3) is 0.500. The van der Waals surface area contributed by atoms with E-state index in [0.717, 1.165) is 17.7 Å². The molecule has 0 amide bonds. The van der Waals surface area contributed by atoms with Crippen molar-refractivity contribution in [3.63, 3.8) is 0 Å². The molecule has 0 aliphatic carbocycles. The fourth-order valence-corrected chi connectivity index (χ4v) is 1.30. The average molecular weight is 181 g/mol. The SMILES string of the molecule is CCc1cc(=O)n(CC)cc1OC. The van der Waals surface area contributed by atoms with E-state index in [0.29, 0.717) is 6.54 Å². The maximum absolute atomic E-state index is 11.4. The van der Waals surface area contributed by atoms with Crippen LogP contribution in [0.15, 0.2) is 17.1 Å². The van der Waals surface area contributed by atoms with E-state index in [1.807, 2.05) is 13.8 Å². The molecule has 72 valence electrons. The Labute approximate surface area is 78.0 Å². The predicted octanol–water partition coefficient (Wildman–Crippen LogP) is 1.44. The van der Waals surface area contributed by atoms with Crippen LogP contribution in [0.5, 0.6) is 5.75 Å². The van der Waals surface area contributed by atoms with Crippen LogP contribution in [0.25, 0.3) is 0 Å². The maximum Gasteiger partial charge on any atom is 0.251 e. The molecule has 0 atom stereocenters. The van der Waals surface area contributed by atoms with E-state index in [4.69, 9.17) is 4.74 Å². The fourth-order valence-electron chi connectivity index (χ4n) is 1.30. The van der Waals surface area contributed by atoms with Crippen LogP contribution in [0.1, 0.15) is 19.4 Å². The minimum atomic E-state index is 0.0418. The molecule has 0 unspecified atom stereocenters. The van der Waals surface area contributed by atoms with Crippen molar-refractivity contribution in [2.75, 3.05) is 7.11 Å². The van der Waals surface area contributed by atoms with Gasteiger partial charge in [0.05, 0.1) is 7.11 Å². The van der Waals surface area contributed by atoms with Gasteiger partial charge in [-0.2, -0.15) is 0 Å². The second-order valence-electron chi connectivity index (χ2n) is 2.84. The highest BCUT2D eigenvalue weighted by atomic mass is 16.5. The quantitative estimate of drug-likeness (QED) is 0.706. The molecule has 0 aliphatic rings. The van der Waals surface area contributed by atoms with Crippen LogP contribution in [-0.4, -0.2) is 11.7 Å². The highest BCUT2D eigenvalue weighted by molar-refractivity contribution is 5.30. The molecule has 1 rings (SSSR count). The van der Waals surface area contributed by atoms with Crippen LogP contribution in [-0.2, 0) is 13.0 Å². The minimum absolute atomic E-state index is 0.0418. The standard InChI is InChI=1S/C10H15NO2/c1-4-8-6-10(12)11(5-2)7-9(8)13-3/h6-7H,4-5H2,1-3H3. The van der Waals surface area contributed by atoms with Gasteiger partial charge in [0.15, 0.2) is 0 Å². The summed E-state index contributed by atoms with van der Waals surface area (Å²) in [6.07, 6.45) is 2.59. The third-order valence-electron chi connectivity index (χ3n) is 2.11. The Morgan fingerprint density at radius 1 is 1.46 bits per heavy atom. The summed E-state index contributed by atoms with van der Waals surface area (Å²) < 4.78 is 6.81. The van der Waals surface area contributed by atoms with Gasteiger partial charge in [0, 0.05) is 24.4 Å². The summed E-state index contributed by atoms with van der Waals surface area (Å²) in [5.41, 5.74) is 1.01. The zero-order valence-corrected chi connectivity index (χ0v) is 8.33. The van der Waals surface area contributed by atoms with Gasteiger partial charge >= 0.3 is 0 Å². The molecule has 1 aromatic heterocycles. The van der Waals surface area contributed by atoms with Crippen LogP contribution in [0.3, 0.4) is 0 Å². The number of aryl methyl sites for hydroxylation is 2. The zero-order valence-electron chi connectivity index (χ0n) is 8.33. The molecule has 3 heteroatoms. The third-order valence-corrected chi connectivity index (χ3v) is 2.11. The van der Waals surface area contributed by atoms with Gasteiger partial charge < -0.3 is 9.30 Å². The van der Waals surface area contributed by atoms with Gasteiger partial charge in [-0.25, -0.2) is 0 Å². The van der Waals surface area contributed by atoms with E-state index in [9.17, 15) is 4.79 Å². The van der Waals surface area contributed by atoms with Crippen molar-refractivity contribution >= 4 is 0 Å². The number of nitrogens with zero attached hydrogens (tertiary/aromatic N) is 1. The van der Waals surface area contributed by atoms with E-state index >= 15 is 0 Å². The summed E-state index contributed by atoms with van der Waals surface area (Å²) >= 11 is 0. The summed E-state index contributed by atoms with van der Waals surface area (Å²) in [5.74, 6) is 0.795. The molecule has 0 saturated carbocycles. The Hall–Kier alpha value is -1.25. The van der Waals surface area contributed by atoms with Crippen molar-refractivity contribution in [2.24, 2.45) is 0 Å². The minimum Gasteiger partial charge on any atom is -0.495 e. The van der Waals surface area contributed by atoms with E-state index in [1.54, 1.807) is 23.9 Å². The Bertz CT molecular complexity index is 341. The van der Waals surface area contributed by atoms with E-state index in [2.05, 4.69) is 0 Å². The van der Waals surface area contributed by atoms with Gasteiger partial charge in [0.2, 0.25) is 0 Å². The molecule has 3 nitrogen and oxygen atoms in total. The number of ether oxygens (including phenoxy) is 1. The molecule has 0 aliphatic heterocycles. The lowest BCUT2D eigenvalue weighted by Gasteiger charge is -2.09. The number of pyridine rings is 1. The molecule has 0 saturated heterocycles. The Kier molecular flexibility index (Phi) is 3.12. The average Bonchev–Trinajstić information content (AvgIpc) is 2.17. The lowest BCUT2D eigenvalue weighted by molar-refractivity contribution is 0.403. The maximum atomic E-state index is 11.4. The second-order valence-corrected chi connectivity index (χ2v) is 2.84. The number of rotatable bonds is 3. The molecule has 0 N–H and O–H groups in total. The van der Waals surface area contributed by atoms with Crippen molar-refractivity contribution in [2.45, 2.75) is 26.8 Å². The topological polar surface area (TPSA) is 31.2 Å². The van der Waals surface area contributed by atoms with Gasteiger partial charge in [-0.3, -0.25) is 4.79 Å². The van der Waals surface area contributed by atoms with Crippen molar-refractivity contribution in [3.8, 4) is 5.75 Å². The molecule has 0 fully saturated rings. The number of hydrogen-bond acceptors (Lipinski definition) is 2. The van der Waals surface area contributed by atoms with Gasteiger partial charge in [-0.1, -0.05) is 6.92 Å². The number of hydrogen-bond donors (Lipinski definition) is 0. The summed E-state index contributed by atoms with van der Waals surface area (Å²) in [7, 11) is 1.62. The van der Waals surface area contributed by atoms with Gasteiger partial charge in [0.1, 0.15) is 5.75 Å². The van der Waals surface area contributed by atoms with E-state index < -0.39 is 0 Å². The summed E-state index contributed by atoms with van der Waals surface area (Å²) in [6, 6.07) is 1.64. The Balaban J connectivity index is 3.26. The lowest BCUT2D eigenvalue weighted by atomic mass is 10.2. The first kappa shape index (κ1) is 9.84. The molecule has 0 aromatic carbocycles. The highest BCUT2D eigenvalue weighted by Crippen LogP contribution is 2.15. The van der Waals surface area contributed by atoms with Crippen LogP contribution < -0.4 is 10.3 Å². The molecule has 1 heterocycles. The molecule has 1 aromatic rings. The van der Waals surface area contributed by atoms with Crippen molar-refractivity contribution in [3.05, 3.63) is 28.2 Å². The van der Waals surface area contributed by atoms with Crippen LogP contribution >= 0.6 is 0 Å². The largest absolute Gasteiger partial charge is 0.495 e. The first-order chi connectivity index (χ1) is 6.22. The van der Waals surface area contributed by atoms with E-state index in [-0.39, 0.29) is 5.56 Å². The number of aromatic nitrogens is 1. The summed E-state index contributed by atoms with van der Waals surface area (Å²) in [4.78, 5) is 11.4. The lowest BCUT2D eigenvalue weighted by Crippen LogP contribution is -2.18. The third kappa shape index (κ3) is 1.91. The highest BCUT2D eigenvalue weighted by Gasteiger charge is 2.03. The molecule has 0 spiro atoms. The van der Waals surface area contributed by atoms with Crippen molar-refractivity contribution < 1.29 is 4.74 Å². The first-order valence-electron chi connectivity index (χ1n) is 4.50. The smallest absolute Gasteiger partial charge is 0.251 e. The molecule has 0 radical (unpaired) electrons. The predicted molar refractivity (Wildman–Crippen MR) is 52.3 cm³/mol. The molecular weight excluding hydrogens is 166 g/mol. The monoisotopic (exact) mass is 181 g/mol. The number of methoxy groups -OCH3 is 1. The molecule has 0 bridgehead atoms. The van der Waals surface area contributed by atoms with Crippen LogP contribution in [0.2, 0.25) is 0 Å². The molecule has 13 heavy (non-hydrogen) atoms. The Morgan fingerprint density at radius 3 is 2.62 bits per heavy atom. The normalized spacial score (nSPS) is 10.1. The first-order valence-corrected chi connectivity index (χ1v) is 4.50. The summed E-state index contributed by atoms with van der Waals surface area (Å²) in [6.45, 7) is 4.62. The van der Waals surface area contributed by atoms with Crippen molar-refractivity contribution in [1.29, 1.82) is 0 Å². The Morgan fingerprint density at radius 2 is 2.15 bits per heavy atom. The van der Waals surface area contributed by atoms with Gasteiger partial charge in [-0.05, 0) is 13.3 Å². The van der Waals surface area contributed by atoms with Crippen molar-refractivity contribution in [1.82, 2.24) is 4.57 Å². The second kappa shape index (κ2) is 4.12. The van der Waals surface area contributed by atoms with Crippen LogP contribution in [0.4, 0.5) is 0 Å². The van der Waals surface area contributed by atoms with E-state index in [1.165, 1.54) is 0 Å². The van der Waals surface area contributed by atoms with Gasteiger partial charge in [0.25, 0.3) is 5.56 Å².